The molecule has 0 fully saturated rings. The van der Waals surface area contributed by atoms with Crippen molar-refractivity contribution in [3.05, 3.63) is 16.8 Å². The maximum absolute atomic E-state index is 11.5. The third-order valence-electron chi connectivity index (χ3n) is 3.55. The van der Waals surface area contributed by atoms with Crippen molar-refractivity contribution < 1.29 is 9.90 Å². The number of aliphatic carboxylic acids is 1. The van der Waals surface area contributed by atoms with Gasteiger partial charge in [-0.25, -0.2) is 14.8 Å². The van der Waals surface area contributed by atoms with Gasteiger partial charge in [-0.2, -0.15) is 11.8 Å². The number of carboxylic acid groups (broad SMARTS) is 1. The van der Waals surface area contributed by atoms with Crippen LogP contribution in [0.3, 0.4) is 0 Å². The van der Waals surface area contributed by atoms with Gasteiger partial charge in [-0.05, 0) is 30.9 Å². The van der Waals surface area contributed by atoms with E-state index in [0.29, 0.717) is 12.2 Å². The molecule has 1 unspecified atom stereocenters. The van der Waals surface area contributed by atoms with Crippen molar-refractivity contribution >= 4 is 45.1 Å². The van der Waals surface area contributed by atoms with Crippen molar-refractivity contribution in [3.8, 4) is 0 Å². The van der Waals surface area contributed by atoms with Crippen LogP contribution >= 0.6 is 23.1 Å². The second-order valence-electron chi connectivity index (χ2n) is 5.69. The number of fused-ring (bicyclic) bond motifs is 1. The standard InChI is InChI=1S/C16H23N3O2S2/c1-5-10-8-11-14(17-12(16(20)21)6-7-22-4)18-13(9(2)3)19-15(11)23-10/h8-9,12H,5-7H2,1-4H3,(H,20,21)(H,17,18,19). The number of hydrogen-bond acceptors (Lipinski definition) is 6. The summed E-state index contributed by atoms with van der Waals surface area (Å²) in [5.74, 6) is 1.53. The number of hydrogen-bond donors (Lipinski definition) is 2. The maximum Gasteiger partial charge on any atom is 0.326 e. The second-order valence-corrected chi connectivity index (χ2v) is 7.79. The van der Waals surface area contributed by atoms with Crippen molar-refractivity contribution in [2.24, 2.45) is 0 Å². The van der Waals surface area contributed by atoms with Crippen molar-refractivity contribution in [1.29, 1.82) is 0 Å². The Labute approximate surface area is 144 Å². The molecule has 0 aliphatic carbocycles. The van der Waals surface area contributed by atoms with Crippen LogP contribution in [0.1, 0.15) is 43.8 Å². The molecule has 0 saturated heterocycles. The molecule has 5 nitrogen and oxygen atoms in total. The first-order chi connectivity index (χ1) is 11.0. The van der Waals surface area contributed by atoms with Gasteiger partial charge in [-0.1, -0.05) is 20.8 Å². The zero-order valence-electron chi connectivity index (χ0n) is 13.9. The minimum absolute atomic E-state index is 0.196. The molecule has 1 atom stereocenters. The van der Waals surface area contributed by atoms with E-state index in [1.807, 2.05) is 20.1 Å². The molecule has 7 heteroatoms. The van der Waals surface area contributed by atoms with E-state index < -0.39 is 12.0 Å². The summed E-state index contributed by atoms with van der Waals surface area (Å²) in [4.78, 5) is 22.9. The summed E-state index contributed by atoms with van der Waals surface area (Å²) in [5.41, 5.74) is 0. The van der Waals surface area contributed by atoms with E-state index in [9.17, 15) is 9.90 Å². The number of nitrogens with zero attached hydrogens (tertiary/aromatic N) is 2. The molecule has 0 bridgehead atoms. The van der Waals surface area contributed by atoms with Crippen LogP contribution in [0.25, 0.3) is 10.2 Å². The Morgan fingerprint density at radius 3 is 2.74 bits per heavy atom. The zero-order chi connectivity index (χ0) is 17.0. The average Bonchev–Trinajstić information content (AvgIpc) is 2.94. The molecule has 2 heterocycles. The highest BCUT2D eigenvalue weighted by molar-refractivity contribution is 7.98. The quantitative estimate of drug-likeness (QED) is 0.747. The van der Waals surface area contributed by atoms with Crippen molar-refractivity contribution in [2.45, 2.75) is 45.6 Å². The molecule has 0 aromatic carbocycles. The molecule has 2 aromatic heterocycles. The van der Waals surface area contributed by atoms with E-state index in [0.717, 1.165) is 28.2 Å². The number of nitrogens with one attached hydrogen (secondary N) is 1. The van der Waals surface area contributed by atoms with E-state index in [-0.39, 0.29) is 5.92 Å². The van der Waals surface area contributed by atoms with E-state index in [2.05, 4.69) is 28.3 Å². The topological polar surface area (TPSA) is 75.1 Å². The van der Waals surface area contributed by atoms with Crippen LogP contribution < -0.4 is 5.32 Å². The smallest absolute Gasteiger partial charge is 0.326 e. The van der Waals surface area contributed by atoms with Crippen LogP contribution in [-0.4, -0.2) is 39.1 Å². The number of thiophene rings is 1. The highest BCUT2D eigenvalue weighted by Gasteiger charge is 2.20. The molecule has 0 saturated carbocycles. The molecule has 2 aromatic rings. The molecule has 0 aliphatic rings. The lowest BCUT2D eigenvalue weighted by molar-refractivity contribution is -0.137. The molecule has 2 N–H and O–H groups in total. The normalized spacial score (nSPS) is 12.7. The van der Waals surface area contributed by atoms with Crippen LogP contribution in [0.15, 0.2) is 6.07 Å². The van der Waals surface area contributed by atoms with Crippen molar-refractivity contribution in [1.82, 2.24) is 9.97 Å². The number of carboxylic acids is 1. The Bertz CT molecular complexity index is 685. The van der Waals surface area contributed by atoms with Gasteiger partial charge in [0.15, 0.2) is 0 Å². The van der Waals surface area contributed by atoms with E-state index in [1.54, 1.807) is 23.1 Å². The van der Waals surface area contributed by atoms with Gasteiger partial charge in [0.05, 0.1) is 5.39 Å². The van der Waals surface area contributed by atoms with E-state index in [1.165, 1.54) is 4.88 Å². The molecule has 0 spiro atoms. The first-order valence-electron chi connectivity index (χ1n) is 7.74. The largest absolute Gasteiger partial charge is 0.480 e. The Balaban J connectivity index is 2.43. The fourth-order valence-corrected chi connectivity index (χ4v) is 3.63. The monoisotopic (exact) mass is 353 g/mol. The fraction of sp³-hybridized carbons (Fsp3) is 0.562. The highest BCUT2D eigenvalue weighted by atomic mass is 32.2. The number of aromatic nitrogens is 2. The lowest BCUT2D eigenvalue weighted by Gasteiger charge is -2.16. The molecule has 2 rings (SSSR count). The number of anilines is 1. The Morgan fingerprint density at radius 1 is 1.43 bits per heavy atom. The minimum atomic E-state index is -0.845. The summed E-state index contributed by atoms with van der Waals surface area (Å²) in [5, 5.41) is 13.5. The Morgan fingerprint density at radius 2 is 2.17 bits per heavy atom. The Hall–Kier alpha value is -1.34. The summed E-state index contributed by atoms with van der Waals surface area (Å²) in [6.07, 6.45) is 3.47. The summed E-state index contributed by atoms with van der Waals surface area (Å²) < 4.78 is 0. The predicted molar refractivity (Wildman–Crippen MR) is 98.9 cm³/mol. The molecule has 0 radical (unpaired) electrons. The van der Waals surface area contributed by atoms with Crippen LogP contribution in [0.2, 0.25) is 0 Å². The van der Waals surface area contributed by atoms with Crippen LogP contribution in [0, 0.1) is 0 Å². The number of rotatable bonds is 8. The fourth-order valence-electron chi connectivity index (χ4n) is 2.19. The highest BCUT2D eigenvalue weighted by Crippen LogP contribution is 2.31. The van der Waals surface area contributed by atoms with Gasteiger partial charge in [0, 0.05) is 10.8 Å². The third kappa shape index (κ3) is 4.35. The van der Waals surface area contributed by atoms with Gasteiger partial charge in [0.25, 0.3) is 0 Å². The van der Waals surface area contributed by atoms with Gasteiger partial charge in [-0.15, -0.1) is 11.3 Å². The first kappa shape index (κ1) is 18.0. The molecular weight excluding hydrogens is 330 g/mol. The first-order valence-corrected chi connectivity index (χ1v) is 9.95. The van der Waals surface area contributed by atoms with Crippen molar-refractivity contribution in [2.75, 3.05) is 17.3 Å². The zero-order valence-corrected chi connectivity index (χ0v) is 15.6. The predicted octanol–water partition coefficient (Wildman–Crippen LogP) is 4.00. The van der Waals surface area contributed by atoms with Crippen LogP contribution in [0.4, 0.5) is 5.82 Å². The second kappa shape index (κ2) is 7.97. The number of aryl methyl sites for hydroxylation is 1. The molecule has 0 amide bonds. The number of thioether (sulfide) groups is 1. The van der Waals surface area contributed by atoms with Gasteiger partial charge >= 0.3 is 5.97 Å². The summed E-state index contributed by atoms with van der Waals surface area (Å²) in [6.45, 7) is 6.19. The summed E-state index contributed by atoms with van der Waals surface area (Å²) in [6, 6.07) is 1.44. The minimum Gasteiger partial charge on any atom is -0.480 e. The van der Waals surface area contributed by atoms with Gasteiger partial charge < -0.3 is 10.4 Å². The number of carbonyl (C=O) groups is 1. The summed E-state index contributed by atoms with van der Waals surface area (Å²) in [7, 11) is 0. The molecule has 0 aliphatic heterocycles. The maximum atomic E-state index is 11.5. The molecular formula is C16H23N3O2S2. The van der Waals surface area contributed by atoms with Crippen molar-refractivity contribution in [3.63, 3.8) is 0 Å². The average molecular weight is 354 g/mol. The molecule has 23 heavy (non-hydrogen) atoms. The van der Waals surface area contributed by atoms with Gasteiger partial charge in [0.2, 0.25) is 0 Å². The Kier molecular flexibility index (Phi) is 6.24. The van der Waals surface area contributed by atoms with Crippen LogP contribution in [0.5, 0.6) is 0 Å². The lowest BCUT2D eigenvalue weighted by atomic mass is 10.2. The van der Waals surface area contributed by atoms with Gasteiger partial charge in [-0.3, -0.25) is 0 Å². The lowest BCUT2D eigenvalue weighted by Crippen LogP contribution is -2.30. The van der Waals surface area contributed by atoms with E-state index in [4.69, 9.17) is 0 Å². The van der Waals surface area contributed by atoms with Gasteiger partial charge in [0.1, 0.15) is 22.5 Å². The molecule has 126 valence electrons. The van der Waals surface area contributed by atoms with E-state index >= 15 is 0 Å². The SMILES string of the molecule is CCc1cc2c(NC(CCSC)C(=O)O)nc(C(C)C)nc2s1. The third-order valence-corrected chi connectivity index (χ3v) is 5.36. The van der Waals surface area contributed by atoms with Crippen LogP contribution in [-0.2, 0) is 11.2 Å². The summed E-state index contributed by atoms with van der Waals surface area (Å²) >= 11 is 3.30.